The topological polar surface area (TPSA) is 70.2 Å². The van der Waals surface area contributed by atoms with E-state index in [2.05, 4.69) is 23.1 Å². The molecular weight excluding hydrogens is 373 g/mol. The van der Waals surface area contributed by atoms with E-state index in [0.29, 0.717) is 22.2 Å². The maximum atomic E-state index is 11.7. The molecule has 146 valence electrons. The first-order valence-corrected chi connectivity index (χ1v) is 10.1. The highest BCUT2D eigenvalue weighted by molar-refractivity contribution is 6.42. The lowest BCUT2D eigenvalue weighted by Crippen LogP contribution is -2.43. The SMILES string of the molecule is CCCCCCCCCCCC(=O)NNC(=O)Nc1ccc(Cl)c(Cl)c1. The van der Waals surface area contributed by atoms with E-state index in [1.807, 2.05) is 0 Å². The van der Waals surface area contributed by atoms with Crippen LogP contribution in [0.4, 0.5) is 10.5 Å². The lowest BCUT2D eigenvalue weighted by Gasteiger charge is -2.09. The molecule has 0 aromatic heterocycles. The third-order valence-corrected chi connectivity index (χ3v) is 4.74. The summed E-state index contributed by atoms with van der Waals surface area (Å²) in [6.45, 7) is 2.22. The fourth-order valence-corrected chi connectivity index (χ4v) is 2.82. The van der Waals surface area contributed by atoms with Crippen molar-refractivity contribution in [3.8, 4) is 0 Å². The van der Waals surface area contributed by atoms with Gasteiger partial charge < -0.3 is 5.32 Å². The summed E-state index contributed by atoms with van der Waals surface area (Å²) in [7, 11) is 0. The molecule has 0 spiro atoms. The molecule has 0 saturated heterocycles. The number of hydrogen-bond donors (Lipinski definition) is 3. The molecule has 0 unspecified atom stereocenters. The number of amides is 3. The van der Waals surface area contributed by atoms with Crippen LogP contribution in [0, 0.1) is 0 Å². The molecular formula is C19H29Cl2N3O2. The van der Waals surface area contributed by atoms with Crippen LogP contribution in [0.2, 0.25) is 10.0 Å². The second kappa shape index (κ2) is 13.7. The zero-order chi connectivity index (χ0) is 19.2. The first kappa shape index (κ1) is 22.6. The van der Waals surface area contributed by atoms with E-state index in [1.54, 1.807) is 12.1 Å². The lowest BCUT2D eigenvalue weighted by atomic mass is 10.1. The number of benzene rings is 1. The van der Waals surface area contributed by atoms with Crippen LogP contribution in [-0.2, 0) is 4.79 Å². The monoisotopic (exact) mass is 401 g/mol. The van der Waals surface area contributed by atoms with Crippen LogP contribution < -0.4 is 16.2 Å². The van der Waals surface area contributed by atoms with E-state index < -0.39 is 6.03 Å². The van der Waals surface area contributed by atoms with E-state index in [-0.39, 0.29) is 5.91 Å². The molecule has 0 aliphatic rings. The number of urea groups is 1. The van der Waals surface area contributed by atoms with Crippen molar-refractivity contribution >= 4 is 40.8 Å². The van der Waals surface area contributed by atoms with Gasteiger partial charge in [0.1, 0.15) is 0 Å². The third-order valence-electron chi connectivity index (χ3n) is 4.00. The Kier molecular flexibility index (Phi) is 11.9. The van der Waals surface area contributed by atoms with Gasteiger partial charge in [-0.15, -0.1) is 0 Å². The number of unbranched alkanes of at least 4 members (excludes halogenated alkanes) is 8. The van der Waals surface area contributed by atoms with Crippen LogP contribution in [0.3, 0.4) is 0 Å². The van der Waals surface area contributed by atoms with Gasteiger partial charge in [0.15, 0.2) is 0 Å². The van der Waals surface area contributed by atoms with Crippen molar-refractivity contribution in [3.05, 3.63) is 28.2 Å². The minimum Gasteiger partial charge on any atom is -0.307 e. The quantitative estimate of drug-likeness (QED) is 0.311. The third kappa shape index (κ3) is 10.5. The molecule has 0 bridgehead atoms. The van der Waals surface area contributed by atoms with Crippen LogP contribution >= 0.6 is 23.2 Å². The summed E-state index contributed by atoms with van der Waals surface area (Å²) in [6, 6.07) is 4.21. The standard InChI is InChI=1S/C19H29Cl2N3O2/c1-2-3-4-5-6-7-8-9-10-11-18(25)23-24-19(26)22-15-12-13-16(20)17(21)14-15/h12-14H,2-11H2,1H3,(H,23,25)(H2,22,24,26). The second-order valence-electron chi connectivity index (χ2n) is 6.33. The highest BCUT2D eigenvalue weighted by Crippen LogP contribution is 2.24. The molecule has 3 amide bonds. The van der Waals surface area contributed by atoms with E-state index in [4.69, 9.17) is 23.2 Å². The van der Waals surface area contributed by atoms with Crippen molar-refractivity contribution < 1.29 is 9.59 Å². The Hall–Kier alpha value is -1.46. The predicted octanol–water partition coefficient (Wildman–Crippen LogP) is 6.07. The fraction of sp³-hybridized carbons (Fsp3) is 0.579. The Morgan fingerprint density at radius 1 is 0.846 bits per heavy atom. The molecule has 3 N–H and O–H groups in total. The minimum absolute atomic E-state index is 0.197. The van der Waals surface area contributed by atoms with Gasteiger partial charge in [0.2, 0.25) is 5.91 Å². The molecule has 1 aromatic carbocycles. The van der Waals surface area contributed by atoms with Gasteiger partial charge in [0.05, 0.1) is 10.0 Å². The minimum atomic E-state index is -0.538. The molecule has 0 aliphatic heterocycles. The van der Waals surface area contributed by atoms with Crippen LogP contribution in [0.15, 0.2) is 18.2 Å². The molecule has 0 atom stereocenters. The first-order valence-electron chi connectivity index (χ1n) is 9.33. The molecule has 0 radical (unpaired) electrons. The van der Waals surface area contributed by atoms with Gasteiger partial charge in [0.25, 0.3) is 0 Å². The van der Waals surface area contributed by atoms with Gasteiger partial charge in [-0.25, -0.2) is 10.2 Å². The van der Waals surface area contributed by atoms with Gasteiger partial charge in [-0.05, 0) is 24.6 Å². The highest BCUT2D eigenvalue weighted by Gasteiger charge is 2.06. The smallest absolute Gasteiger partial charge is 0.307 e. The van der Waals surface area contributed by atoms with Crippen molar-refractivity contribution in [2.75, 3.05) is 5.32 Å². The molecule has 1 rings (SSSR count). The average Bonchev–Trinajstić information content (AvgIpc) is 2.61. The number of anilines is 1. The molecule has 1 aromatic rings. The Labute approximate surface area is 166 Å². The van der Waals surface area contributed by atoms with Gasteiger partial charge in [-0.2, -0.15) is 0 Å². The number of hydrogen-bond acceptors (Lipinski definition) is 2. The summed E-state index contributed by atoms with van der Waals surface area (Å²) in [5, 5.41) is 3.32. The van der Waals surface area contributed by atoms with Crippen molar-refractivity contribution in [1.29, 1.82) is 0 Å². The number of rotatable bonds is 11. The zero-order valence-electron chi connectivity index (χ0n) is 15.4. The molecule has 7 heteroatoms. The molecule has 0 fully saturated rings. The summed E-state index contributed by atoms with van der Waals surface area (Å²) < 4.78 is 0. The molecule has 0 heterocycles. The Bertz CT molecular complexity index is 568. The van der Waals surface area contributed by atoms with Crippen molar-refractivity contribution in [2.45, 2.75) is 71.1 Å². The van der Waals surface area contributed by atoms with Crippen molar-refractivity contribution in [2.24, 2.45) is 0 Å². The Morgan fingerprint density at radius 2 is 1.46 bits per heavy atom. The molecule has 26 heavy (non-hydrogen) atoms. The van der Waals surface area contributed by atoms with Crippen LogP contribution in [0.5, 0.6) is 0 Å². The zero-order valence-corrected chi connectivity index (χ0v) is 16.9. The Balaban J connectivity index is 2.05. The summed E-state index contributed by atoms with van der Waals surface area (Å²) >= 11 is 11.7. The predicted molar refractivity (Wildman–Crippen MR) is 109 cm³/mol. The van der Waals surface area contributed by atoms with Crippen molar-refractivity contribution in [3.63, 3.8) is 0 Å². The maximum Gasteiger partial charge on any atom is 0.337 e. The Morgan fingerprint density at radius 3 is 2.08 bits per heavy atom. The summed E-state index contributed by atoms with van der Waals surface area (Å²) in [4.78, 5) is 23.4. The number of halogens is 2. The number of carbonyl (C=O) groups is 2. The van der Waals surface area contributed by atoms with E-state index in [1.165, 1.54) is 44.6 Å². The normalized spacial score (nSPS) is 10.4. The maximum absolute atomic E-state index is 11.7. The van der Waals surface area contributed by atoms with Gasteiger partial charge in [-0.3, -0.25) is 10.2 Å². The summed E-state index contributed by atoms with van der Waals surface area (Å²) in [6.07, 6.45) is 11.2. The van der Waals surface area contributed by atoms with Gasteiger partial charge in [-0.1, -0.05) is 81.5 Å². The number of carbonyl (C=O) groups excluding carboxylic acids is 2. The lowest BCUT2D eigenvalue weighted by molar-refractivity contribution is -0.121. The second-order valence-corrected chi connectivity index (χ2v) is 7.15. The highest BCUT2D eigenvalue weighted by atomic mass is 35.5. The molecule has 5 nitrogen and oxygen atoms in total. The van der Waals surface area contributed by atoms with Gasteiger partial charge >= 0.3 is 6.03 Å². The van der Waals surface area contributed by atoms with Crippen LogP contribution in [0.1, 0.15) is 71.1 Å². The number of hydrazine groups is 1. The van der Waals surface area contributed by atoms with Gasteiger partial charge in [0, 0.05) is 12.1 Å². The molecule has 0 saturated carbocycles. The molecule has 0 aliphatic carbocycles. The summed E-state index contributed by atoms with van der Waals surface area (Å²) in [5.74, 6) is -0.197. The van der Waals surface area contributed by atoms with E-state index >= 15 is 0 Å². The number of nitrogens with one attached hydrogen (secondary N) is 3. The largest absolute Gasteiger partial charge is 0.337 e. The van der Waals surface area contributed by atoms with E-state index in [9.17, 15) is 9.59 Å². The first-order chi connectivity index (χ1) is 12.5. The van der Waals surface area contributed by atoms with Crippen LogP contribution in [0.25, 0.3) is 0 Å². The summed E-state index contributed by atoms with van der Waals surface area (Å²) in [5.41, 5.74) is 5.20. The fourth-order valence-electron chi connectivity index (χ4n) is 2.52. The van der Waals surface area contributed by atoms with Crippen molar-refractivity contribution in [1.82, 2.24) is 10.9 Å². The average molecular weight is 402 g/mol. The van der Waals surface area contributed by atoms with E-state index in [0.717, 1.165) is 19.3 Å². The van der Waals surface area contributed by atoms with Crippen LogP contribution in [-0.4, -0.2) is 11.9 Å².